The summed E-state index contributed by atoms with van der Waals surface area (Å²) in [4.78, 5) is 13.7. The number of anilines is 1. The van der Waals surface area contributed by atoms with Crippen molar-refractivity contribution in [3.05, 3.63) is 27.4 Å². The summed E-state index contributed by atoms with van der Waals surface area (Å²) in [7, 11) is 0. The fraction of sp³-hybridized carbons (Fsp3) is 0.429. The van der Waals surface area contributed by atoms with Crippen LogP contribution >= 0.6 is 31.9 Å². The van der Waals surface area contributed by atoms with Crippen molar-refractivity contribution >= 4 is 48.6 Å². The molecule has 3 rings (SSSR count). The van der Waals surface area contributed by atoms with Gasteiger partial charge in [0.05, 0.1) is 5.52 Å². The van der Waals surface area contributed by atoms with Crippen molar-refractivity contribution in [2.24, 2.45) is 0 Å². The zero-order chi connectivity index (χ0) is 14.1. The Balaban J connectivity index is 2.00. The molecular weight excluding hydrogens is 384 g/mol. The van der Waals surface area contributed by atoms with Gasteiger partial charge in [-0.3, -0.25) is 0 Å². The van der Waals surface area contributed by atoms with Crippen LogP contribution in [0.4, 0.5) is 5.82 Å². The summed E-state index contributed by atoms with van der Waals surface area (Å²) in [6.45, 7) is 7.56. The molecule has 0 spiro atoms. The smallest absolute Gasteiger partial charge is 0.140 e. The van der Waals surface area contributed by atoms with E-state index in [1.165, 1.54) is 0 Å². The normalized spacial score (nSPS) is 16.9. The number of nitrogens with zero attached hydrogens (tertiary/aromatic N) is 4. The van der Waals surface area contributed by atoms with Gasteiger partial charge in [-0.05, 0) is 34.6 Å². The number of piperazine rings is 1. The lowest BCUT2D eigenvalue weighted by atomic mass is 10.2. The number of rotatable bonds is 2. The summed E-state index contributed by atoms with van der Waals surface area (Å²) in [6.07, 6.45) is 1.66. The van der Waals surface area contributed by atoms with Gasteiger partial charge in [-0.1, -0.05) is 22.9 Å². The SMILES string of the molecule is CCN1CCN(c2ncnc3c(Br)cc(Br)cc23)CC1. The Labute approximate surface area is 135 Å². The van der Waals surface area contributed by atoms with Crippen molar-refractivity contribution in [2.75, 3.05) is 37.6 Å². The second kappa shape index (κ2) is 5.95. The number of benzene rings is 1. The molecule has 6 heteroatoms. The predicted molar refractivity (Wildman–Crippen MR) is 89.3 cm³/mol. The predicted octanol–water partition coefficient (Wildman–Crippen LogP) is 3.30. The summed E-state index contributed by atoms with van der Waals surface area (Å²) in [6, 6.07) is 4.12. The second-order valence-corrected chi connectivity index (χ2v) is 6.67. The molecule has 1 aliphatic heterocycles. The lowest BCUT2D eigenvalue weighted by Gasteiger charge is -2.35. The maximum Gasteiger partial charge on any atom is 0.140 e. The maximum absolute atomic E-state index is 4.52. The van der Waals surface area contributed by atoms with Gasteiger partial charge in [-0.15, -0.1) is 0 Å². The van der Waals surface area contributed by atoms with Crippen LogP contribution in [0.5, 0.6) is 0 Å². The molecule has 1 aliphatic rings. The van der Waals surface area contributed by atoms with Crippen LogP contribution in [0.25, 0.3) is 10.9 Å². The molecule has 1 aromatic heterocycles. The number of fused-ring (bicyclic) bond motifs is 1. The van der Waals surface area contributed by atoms with Crippen molar-refractivity contribution in [1.82, 2.24) is 14.9 Å². The molecular formula is C14H16Br2N4. The number of hydrogen-bond donors (Lipinski definition) is 0. The van der Waals surface area contributed by atoms with Gasteiger partial charge in [0.15, 0.2) is 0 Å². The molecule has 2 heterocycles. The Kier molecular flexibility index (Phi) is 4.23. The highest BCUT2D eigenvalue weighted by Crippen LogP contribution is 2.32. The van der Waals surface area contributed by atoms with Gasteiger partial charge in [0.1, 0.15) is 12.1 Å². The molecule has 0 N–H and O–H groups in total. The van der Waals surface area contributed by atoms with Gasteiger partial charge in [0.25, 0.3) is 0 Å². The van der Waals surface area contributed by atoms with Crippen molar-refractivity contribution in [3.8, 4) is 0 Å². The average molecular weight is 400 g/mol. The lowest BCUT2D eigenvalue weighted by molar-refractivity contribution is 0.271. The van der Waals surface area contributed by atoms with Crippen LogP contribution in [0.3, 0.4) is 0 Å². The van der Waals surface area contributed by atoms with E-state index in [2.05, 4.69) is 64.6 Å². The summed E-state index contributed by atoms with van der Waals surface area (Å²) in [5, 5.41) is 1.10. The number of hydrogen-bond acceptors (Lipinski definition) is 4. The van der Waals surface area contributed by atoms with Gasteiger partial charge in [0.2, 0.25) is 0 Å². The van der Waals surface area contributed by atoms with Crippen LogP contribution in [0.2, 0.25) is 0 Å². The third kappa shape index (κ3) is 2.69. The van der Waals surface area contributed by atoms with E-state index in [4.69, 9.17) is 0 Å². The fourth-order valence-electron chi connectivity index (χ4n) is 2.61. The van der Waals surface area contributed by atoms with E-state index in [1.807, 2.05) is 6.07 Å². The highest BCUT2D eigenvalue weighted by Gasteiger charge is 2.19. The molecule has 0 amide bonds. The summed E-state index contributed by atoms with van der Waals surface area (Å²) >= 11 is 7.13. The second-order valence-electron chi connectivity index (χ2n) is 4.90. The molecule has 1 aromatic carbocycles. The Hall–Kier alpha value is -0.720. The largest absolute Gasteiger partial charge is 0.353 e. The average Bonchev–Trinajstić information content (AvgIpc) is 2.47. The minimum atomic E-state index is 0.969. The third-order valence-corrected chi connectivity index (χ3v) is 4.82. The summed E-state index contributed by atoms with van der Waals surface area (Å²) < 4.78 is 2.04. The van der Waals surface area contributed by atoms with E-state index in [-0.39, 0.29) is 0 Å². The standard InChI is InChI=1S/C14H16Br2N4/c1-2-19-3-5-20(6-4-19)14-11-7-10(15)8-12(16)13(11)17-9-18-14/h7-9H,2-6H2,1H3. The van der Waals surface area contributed by atoms with Crippen LogP contribution in [0.1, 0.15) is 6.92 Å². The first-order valence-electron chi connectivity index (χ1n) is 6.76. The van der Waals surface area contributed by atoms with Crippen molar-refractivity contribution in [3.63, 3.8) is 0 Å². The zero-order valence-electron chi connectivity index (χ0n) is 11.3. The quantitative estimate of drug-likeness (QED) is 0.775. The molecule has 0 saturated carbocycles. The molecule has 1 saturated heterocycles. The van der Waals surface area contributed by atoms with Gasteiger partial charge < -0.3 is 9.80 Å². The lowest BCUT2D eigenvalue weighted by Crippen LogP contribution is -2.46. The van der Waals surface area contributed by atoms with Crippen LogP contribution in [-0.4, -0.2) is 47.6 Å². The first-order chi connectivity index (χ1) is 9.69. The molecule has 0 radical (unpaired) electrons. The van der Waals surface area contributed by atoms with E-state index < -0.39 is 0 Å². The molecule has 0 atom stereocenters. The van der Waals surface area contributed by atoms with Crippen molar-refractivity contribution < 1.29 is 0 Å². The number of halogens is 2. The highest BCUT2D eigenvalue weighted by atomic mass is 79.9. The molecule has 1 fully saturated rings. The Morgan fingerprint density at radius 2 is 1.85 bits per heavy atom. The summed E-state index contributed by atoms with van der Waals surface area (Å²) in [5.74, 6) is 1.03. The first kappa shape index (κ1) is 14.2. The molecule has 0 bridgehead atoms. The van der Waals surface area contributed by atoms with Crippen LogP contribution in [0.15, 0.2) is 27.4 Å². The molecule has 106 valence electrons. The topological polar surface area (TPSA) is 32.3 Å². The molecule has 4 nitrogen and oxygen atoms in total. The number of aromatic nitrogens is 2. The monoisotopic (exact) mass is 398 g/mol. The Morgan fingerprint density at radius 3 is 2.55 bits per heavy atom. The van der Waals surface area contributed by atoms with Crippen LogP contribution in [-0.2, 0) is 0 Å². The van der Waals surface area contributed by atoms with Gasteiger partial charge in [-0.25, -0.2) is 9.97 Å². The highest BCUT2D eigenvalue weighted by molar-refractivity contribution is 9.11. The van der Waals surface area contributed by atoms with Crippen LogP contribution in [0, 0.1) is 0 Å². The van der Waals surface area contributed by atoms with Crippen molar-refractivity contribution in [2.45, 2.75) is 6.92 Å². The zero-order valence-corrected chi connectivity index (χ0v) is 14.5. The third-order valence-electron chi connectivity index (χ3n) is 3.75. The molecule has 0 unspecified atom stereocenters. The van der Waals surface area contributed by atoms with Gasteiger partial charge >= 0.3 is 0 Å². The van der Waals surface area contributed by atoms with Gasteiger partial charge in [0, 0.05) is 40.5 Å². The number of likely N-dealkylation sites (N-methyl/N-ethyl adjacent to an activating group) is 1. The van der Waals surface area contributed by atoms with E-state index >= 15 is 0 Å². The fourth-order valence-corrected chi connectivity index (χ4v) is 3.93. The van der Waals surface area contributed by atoms with E-state index in [0.29, 0.717) is 0 Å². The molecule has 2 aromatic rings. The maximum atomic E-state index is 4.52. The minimum Gasteiger partial charge on any atom is -0.353 e. The van der Waals surface area contributed by atoms with Crippen molar-refractivity contribution in [1.29, 1.82) is 0 Å². The van der Waals surface area contributed by atoms with Crippen LogP contribution < -0.4 is 4.90 Å². The molecule has 0 aliphatic carbocycles. The first-order valence-corrected chi connectivity index (χ1v) is 8.34. The Morgan fingerprint density at radius 1 is 1.10 bits per heavy atom. The summed E-state index contributed by atoms with van der Waals surface area (Å²) in [5.41, 5.74) is 0.969. The van der Waals surface area contributed by atoms with E-state index in [9.17, 15) is 0 Å². The Bertz CT molecular complexity index is 624. The van der Waals surface area contributed by atoms with E-state index in [1.54, 1.807) is 6.33 Å². The molecule has 20 heavy (non-hydrogen) atoms. The van der Waals surface area contributed by atoms with E-state index in [0.717, 1.165) is 58.4 Å². The van der Waals surface area contributed by atoms with Gasteiger partial charge in [-0.2, -0.15) is 0 Å². The minimum absolute atomic E-state index is 0.969.